The molecule has 0 saturated heterocycles. The van der Waals surface area contributed by atoms with Crippen molar-refractivity contribution in [2.24, 2.45) is 0 Å². The number of rotatable bonds is 18. The Bertz CT molecular complexity index is 318. The standard InChI is InChI=1S/C22H40O2/c1-2-3-4-5-6-7-8-9-10-11-12-13-14-15-16-17-18-19-20-21-22(23)24/h7-8,17-18H,2-6,9-16,19-21H2,1H3,(H,23,24)/b8-7-,18-17-. The van der Waals surface area contributed by atoms with Crippen molar-refractivity contribution in [3.8, 4) is 0 Å². The first-order valence-electron chi connectivity index (χ1n) is 10.3. The van der Waals surface area contributed by atoms with E-state index < -0.39 is 5.97 Å². The number of carbonyl (C=O) groups is 1. The van der Waals surface area contributed by atoms with Crippen LogP contribution >= 0.6 is 0 Å². The quantitative estimate of drug-likeness (QED) is 0.208. The topological polar surface area (TPSA) is 37.3 Å². The molecule has 0 rings (SSSR count). The first-order valence-corrected chi connectivity index (χ1v) is 10.3. The van der Waals surface area contributed by atoms with E-state index in [2.05, 4.69) is 31.2 Å². The van der Waals surface area contributed by atoms with Crippen LogP contribution in [0.3, 0.4) is 0 Å². The number of unbranched alkanes of at least 4 members (excludes halogenated alkanes) is 12. The summed E-state index contributed by atoms with van der Waals surface area (Å²) in [7, 11) is 0. The summed E-state index contributed by atoms with van der Waals surface area (Å²) in [6.07, 6.45) is 28.2. The third-order valence-electron chi connectivity index (χ3n) is 4.31. The van der Waals surface area contributed by atoms with Crippen LogP contribution in [0.5, 0.6) is 0 Å². The molecule has 0 saturated carbocycles. The molecule has 0 aliphatic rings. The molecule has 0 aromatic rings. The second kappa shape index (κ2) is 20.0. The molecule has 0 amide bonds. The van der Waals surface area contributed by atoms with Gasteiger partial charge in [-0.3, -0.25) is 4.79 Å². The molecule has 2 heteroatoms. The number of carboxylic acid groups (broad SMARTS) is 1. The normalized spacial score (nSPS) is 11.7. The van der Waals surface area contributed by atoms with Gasteiger partial charge in [-0.05, 0) is 51.4 Å². The molecule has 0 atom stereocenters. The van der Waals surface area contributed by atoms with Crippen LogP contribution in [0.25, 0.3) is 0 Å². The van der Waals surface area contributed by atoms with Gasteiger partial charge in [-0.25, -0.2) is 0 Å². The maximum absolute atomic E-state index is 10.4. The lowest BCUT2D eigenvalue weighted by atomic mass is 10.1. The molecule has 0 heterocycles. The van der Waals surface area contributed by atoms with Crippen molar-refractivity contribution < 1.29 is 9.90 Å². The Morgan fingerprint density at radius 2 is 1.00 bits per heavy atom. The van der Waals surface area contributed by atoms with Gasteiger partial charge in [0.25, 0.3) is 0 Å². The second-order valence-corrected chi connectivity index (χ2v) is 6.78. The van der Waals surface area contributed by atoms with Crippen molar-refractivity contribution >= 4 is 5.97 Å². The van der Waals surface area contributed by atoms with Crippen LogP contribution < -0.4 is 0 Å². The number of hydrogen-bond donors (Lipinski definition) is 1. The van der Waals surface area contributed by atoms with Crippen molar-refractivity contribution in [3.63, 3.8) is 0 Å². The Balaban J connectivity index is 3.13. The van der Waals surface area contributed by atoms with Gasteiger partial charge in [0.05, 0.1) is 0 Å². The molecule has 0 unspecified atom stereocenters. The number of hydrogen-bond acceptors (Lipinski definition) is 1. The molecule has 0 bridgehead atoms. The van der Waals surface area contributed by atoms with Crippen LogP contribution in [-0.2, 0) is 4.79 Å². The Morgan fingerprint density at radius 3 is 1.42 bits per heavy atom. The molecular formula is C22H40O2. The zero-order chi connectivity index (χ0) is 17.7. The maximum Gasteiger partial charge on any atom is 0.303 e. The van der Waals surface area contributed by atoms with E-state index in [0.29, 0.717) is 6.42 Å². The zero-order valence-electron chi connectivity index (χ0n) is 16.0. The fourth-order valence-electron chi connectivity index (χ4n) is 2.76. The van der Waals surface area contributed by atoms with E-state index in [1.807, 2.05) is 0 Å². The molecule has 0 radical (unpaired) electrons. The predicted octanol–water partition coefficient (Wildman–Crippen LogP) is 7.44. The Labute approximate surface area is 150 Å². The van der Waals surface area contributed by atoms with E-state index >= 15 is 0 Å². The summed E-state index contributed by atoms with van der Waals surface area (Å²) in [6.45, 7) is 2.26. The summed E-state index contributed by atoms with van der Waals surface area (Å²) >= 11 is 0. The summed E-state index contributed by atoms with van der Waals surface area (Å²) in [5.41, 5.74) is 0. The van der Waals surface area contributed by atoms with Gasteiger partial charge in [-0.2, -0.15) is 0 Å². The van der Waals surface area contributed by atoms with E-state index in [-0.39, 0.29) is 0 Å². The molecule has 0 aliphatic heterocycles. The average Bonchev–Trinajstić information content (AvgIpc) is 2.56. The SMILES string of the molecule is CCCCCC/C=C\CCCCCCCC/C=C\CCCC(=O)O. The highest BCUT2D eigenvalue weighted by Gasteiger charge is 1.93. The third kappa shape index (κ3) is 20.9. The fraction of sp³-hybridized carbons (Fsp3) is 0.773. The van der Waals surface area contributed by atoms with Gasteiger partial charge in [0.2, 0.25) is 0 Å². The van der Waals surface area contributed by atoms with E-state index in [1.54, 1.807) is 0 Å². The molecule has 140 valence electrons. The number of aliphatic carboxylic acids is 1. The van der Waals surface area contributed by atoms with E-state index in [0.717, 1.165) is 19.3 Å². The highest BCUT2D eigenvalue weighted by Crippen LogP contribution is 2.10. The Kier molecular flexibility index (Phi) is 19.1. The van der Waals surface area contributed by atoms with Crippen molar-refractivity contribution in [2.45, 2.75) is 110 Å². The monoisotopic (exact) mass is 336 g/mol. The van der Waals surface area contributed by atoms with Gasteiger partial charge >= 0.3 is 5.97 Å². The summed E-state index contributed by atoms with van der Waals surface area (Å²) in [4.78, 5) is 10.4. The lowest BCUT2D eigenvalue weighted by molar-refractivity contribution is -0.137. The van der Waals surface area contributed by atoms with Crippen LogP contribution in [0.4, 0.5) is 0 Å². The highest BCUT2D eigenvalue weighted by molar-refractivity contribution is 5.66. The van der Waals surface area contributed by atoms with Crippen molar-refractivity contribution in [3.05, 3.63) is 24.3 Å². The summed E-state index contributed by atoms with van der Waals surface area (Å²) < 4.78 is 0. The zero-order valence-corrected chi connectivity index (χ0v) is 16.0. The lowest BCUT2D eigenvalue weighted by Crippen LogP contribution is -1.92. The van der Waals surface area contributed by atoms with E-state index in [1.165, 1.54) is 77.0 Å². The molecular weight excluding hydrogens is 296 g/mol. The molecule has 0 spiro atoms. The molecule has 24 heavy (non-hydrogen) atoms. The van der Waals surface area contributed by atoms with Crippen LogP contribution in [0, 0.1) is 0 Å². The largest absolute Gasteiger partial charge is 0.481 e. The predicted molar refractivity (Wildman–Crippen MR) is 105 cm³/mol. The summed E-state index contributed by atoms with van der Waals surface area (Å²) in [5.74, 6) is -0.689. The van der Waals surface area contributed by atoms with Crippen molar-refractivity contribution in [1.82, 2.24) is 0 Å². The molecule has 1 N–H and O–H groups in total. The number of carboxylic acids is 1. The van der Waals surface area contributed by atoms with E-state index in [4.69, 9.17) is 5.11 Å². The first-order chi connectivity index (χ1) is 11.8. The van der Waals surface area contributed by atoms with E-state index in [9.17, 15) is 4.79 Å². The molecule has 0 aromatic carbocycles. The minimum absolute atomic E-state index is 0.290. The lowest BCUT2D eigenvalue weighted by Gasteiger charge is -1.99. The fourth-order valence-corrected chi connectivity index (χ4v) is 2.76. The van der Waals surface area contributed by atoms with Gasteiger partial charge in [0.15, 0.2) is 0 Å². The smallest absolute Gasteiger partial charge is 0.303 e. The molecule has 0 fully saturated rings. The Morgan fingerprint density at radius 1 is 0.625 bits per heavy atom. The highest BCUT2D eigenvalue weighted by atomic mass is 16.4. The van der Waals surface area contributed by atoms with Crippen LogP contribution in [0.15, 0.2) is 24.3 Å². The van der Waals surface area contributed by atoms with Gasteiger partial charge < -0.3 is 5.11 Å². The summed E-state index contributed by atoms with van der Waals surface area (Å²) in [5, 5.41) is 8.53. The van der Waals surface area contributed by atoms with Crippen molar-refractivity contribution in [2.75, 3.05) is 0 Å². The molecule has 2 nitrogen and oxygen atoms in total. The Hall–Kier alpha value is -1.05. The van der Waals surface area contributed by atoms with Crippen molar-refractivity contribution in [1.29, 1.82) is 0 Å². The number of allylic oxidation sites excluding steroid dienone is 4. The maximum atomic E-state index is 10.4. The van der Waals surface area contributed by atoms with Gasteiger partial charge in [0.1, 0.15) is 0 Å². The van der Waals surface area contributed by atoms with Crippen LogP contribution in [0.1, 0.15) is 110 Å². The van der Waals surface area contributed by atoms with Crippen LogP contribution in [-0.4, -0.2) is 11.1 Å². The first kappa shape index (κ1) is 22.9. The summed E-state index contributed by atoms with van der Waals surface area (Å²) in [6, 6.07) is 0. The molecule has 0 aliphatic carbocycles. The minimum atomic E-state index is -0.689. The average molecular weight is 337 g/mol. The van der Waals surface area contributed by atoms with Gasteiger partial charge in [-0.15, -0.1) is 0 Å². The van der Waals surface area contributed by atoms with Crippen LogP contribution in [0.2, 0.25) is 0 Å². The second-order valence-electron chi connectivity index (χ2n) is 6.78. The minimum Gasteiger partial charge on any atom is -0.481 e. The molecule has 0 aromatic heterocycles. The van der Waals surface area contributed by atoms with Gasteiger partial charge in [-0.1, -0.05) is 76.2 Å². The van der Waals surface area contributed by atoms with Gasteiger partial charge in [0, 0.05) is 6.42 Å². The third-order valence-corrected chi connectivity index (χ3v) is 4.31.